The van der Waals surface area contributed by atoms with Crippen molar-refractivity contribution in [2.75, 3.05) is 36.3 Å². The second kappa shape index (κ2) is 10.1. The molecule has 3 aromatic rings. The fraction of sp³-hybridized carbons (Fsp3) is 0.296. The number of hydrogen-bond donors (Lipinski definition) is 0. The van der Waals surface area contributed by atoms with Gasteiger partial charge in [-0.1, -0.05) is 18.2 Å². The second-order valence-electron chi connectivity index (χ2n) is 8.41. The fourth-order valence-electron chi connectivity index (χ4n) is 4.21. The molecule has 1 fully saturated rings. The van der Waals surface area contributed by atoms with Crippen molar-refractivity contribution < 1.29 is 23.8 Å². The smallest absolute Gasteiger partial charge is 0.340 e. The molecule has 0 bridgehead atoms. The minimum Gasteiger partial charge on any atom is -0.456 e. The summed E-state index contributed by atoms with van der Waals surface area (Å²) in [7, 11) is 0. The molecule has 8 nitrogen and oxygen atoms in total. The Labute approximate surface area is 204 Å². The van der Waals surface area contributed by atoms with E-state index >= 15 is 0 Å². The van der Waals surface area contributed by atoms with E-state index in [0.717, 1.165) is 17.9 Å². The lowest BCUT2D eigenvalue weighted by atomic mass is 10.1. The zero-order valence-corrected chi connectivity index (χ0v) is 19.6. The summed E-state index contributed by atoms with van der Waals surface area (Å²) in [4.78, 5) is 34.3. The number of aromatic nitrogens is 1. The van der Waals surface area contributed by atoms with Crippen LogP contribution in [-0.2, 0) is 9.47 Å². The van der Waals surface area contributed by atoms with Crippen LogP contribution in [0.1, 0.15) is 40.5 Å². The monoisotopic (exact) mass is 473 g/mol. The van der Waals surface area contributed by atoms with Crippen molar-refractivity contribution in [2.24, 2.45) is 0 Å². The van der Waals surface area contributed by atoms with E-state index in [-0.39, 0.29) is 12.7 Å². The van der Waals surface area contributed by atoms with Crippen molar-refractivity contribution in [3.05, 3.63) is 78.1 Å². The van der Waals surface area contributed by atoms with Crippen LogP contribution in [0.5, 0.6) is 11.5 Å². The SMILES string of the molecule is CCOCOC(=O)c1cccc(Oc2ccncc2C(=O)N2CCN(C3CC3)c3ccccc32)c1. The molecule has 1 aromatic heterocycles. The molecule has 0 unspecified atom stereocenters. The van der Waals surface area contributed by atoms with Crippen LogP contribution in [0.15, 0.2) is 67.0 Å². The topological polar surface area (TPSA) is 81.2 Å². The van der Waals surface area contributed by atoms with E-state index in [0.29, 0.717) is 41.8 Å². The number of fused-ring (bicyclic) bond motifs is 1. The highest BCUT2D eigenvalue weighted by molar-refractivity contribution is 6.09. The molecule has 180 valence electrons. The Morgan fingerprint density at radius 3 is 2.66 bits per heavy atom. The van der Waals surface area contributed by atoms with Gasteiger partial charge in [0, 0.05) is 38.1 Å². The number of benzene rings is 2. The number of ether oxygens (including phenoxy) is 3. The molecule has 8 heteroatoms. The van der Waals surface area contributed by atoms with Crippen molar-refractivity contribution in [1.29, 1.82) is 0 Å². The number of carbonyl (C=O) groups excluding carboxylic acids is 2. The summed E-state index contributed by atoms with van der Waals surface area (Å²) >= 11 is 0. The first-order chi connectivity index (χ1) is 17.2. The van der Waals surface area contributed by atoms with Gasteiger partial charge < -0.3 is 24.0 Å². The minimum atomic E-state index is -0.514. The summed E-state index contributed by atoms with van der Waals surface area (Å²) in [5.41, 5.74) is 2.66. The van der Waals surface area contributed by atoms with Crippen LogP contribution in [0.3, 0.4) is 0 Å². The Bertz CT molecular complexity index is 1230. The summed E-state index contributed by atoms with van der Waals surface area (Å²) in [5.74, 6) is 0.0883. The molecule has 1 amide bonds. The molecule has 0 N–H and O–H groups in total. The molecular weight excluding hydrogens is 446 g/mol. The minimum absolute atomic E-state index is 0.112. The molecule has 0 spiro atoms. The molecule has 2 aliphatic rings. The summed E-state index contributed by atoms with van der Waals surface area (Å²) in [6, 6.07) is 16.9. The van der Waals surface area contributed by atoms with E-state index in [2.05, 4.69) is 16.0 Å². The second-order valence-corrected chi connectivity index (χ2v) is 8.41. The Kier molecular flexibility index (Phi) is 6.63. The Morgan fingerprint density at radius 2 is 1.86 bits per heavy atom. The van der Waals surface area contributed by atoms with E-state index in [1.807, 2.05) is 25.1 Å². The van der Waals surface area contributed by atoms with Crippen LogP contribution >= 0.6 is 0 Å². The zero-order chi connectivity index (χ0) is 24.2. The van der Waals surface area contributed by atoms with Crippen LogP contribution < -0.4 is 14.5 Å². The number of nitrogens with zero attached hydrogens (tertiary/aromatic N) is 3. The standard InChI is InChI=1S/C27H27N3O5/c1-2-33-18-34-27(32)19-6-5-7-21(16-19)35-25-12-13-28-17-22(25)26(31)30-15-14-29(20-10-11-20)23-8-3-4-9-24(23)30/h3-9,12-13,16-17,20H,2,10-11,14-15,18H2,1H3. The van der Waals surface area contributed by atoms with Gasteiger partial charge in [0.05, 0.1) is 16.9 Å². The number of esters is 1. The third-order valence-corrected chi connectivity index (χ3v) is 6.07. The molecule has 35 heavy (non-hydrogen) atoms. The van der Waals surface area contributed by atoms with Crippen LogP contribution in [0, 0.1) is 0 Å². The average molecular weight is 474 g/mol. The first kappa shape index (κ1) is 22.9. The molecule has 5 rings (SSSR count). The highest BCUT2D eigenvalue weighted by Gasteiger charge is 2.36. The maximum atomic E-state index is 13.7. The van der Waals surface area contributed by atoms with Crippen molar-refractivity contribution in [3.63, 3.8) is 0 Å². The van der Waals surface area contributed by atoms with Crippen LogP contribution in [-0.4, -0.2) is 49.4 Å². The van der Waals surface area contributed by atoms with Gasteiger partial charge in [0.1, 0.15) is 17.1 Å². The van der Waals surface area contributed by atoms with Gasteiger partial charge in [-0.15, -0.1) is 0 Å². The van der Waals surface area contributed by atoms with Crippen LogP contribution in [0.25, 0.3) is 0 Å². The summed E-state index contributed by atoms with van der Waals surface area (Å²) in [6.07, 6.45) is 5.49. The molecule has 0 atom stereocenters. The normalized spacial score (nSPS) is 14.9. The van der Waals surface area contributed by atoms with Crippen LogP contribution in [0.4, 0.5) is 11.4 Å². The highest BCUT2D eigenvalue weighted by atomic mass is 16.7. The molecule has 2 heterocycles. The van der Waals surface area contributed by atoms with Crippen molar-refractivity contribution in [1.82, 2.24) is 4.98 Å². The van der Waals surface area contributed by atoms with Crippen molar-refractivity contribution >= 4 is 23.3 Å². The number of pyridine rings is 1. The number of rotatable bonds is 8. The number of carbonyl (C=O) groups is 2. The number of anilines is 2. The molecular formula is C27H27N3O5. The number of amides is 1. The van der Waals surface area contributed by atoms with E-state index < -0.39 is 5.97 Å². The molecule has 0 saturated heterocycles. The Morgan fingerprint density at radius 1 is 1.03 bits per heavy atom. The first-order valence-electron chi connectivity index (χ1n) is 11.8. The van der Waals surface area contributed by atoms with Crippen molar-refractivity contribution in [2.45, 2.75) is 25.8 Å². The number of para-hydroxylation sites is 2. The van der Waals surface area contributed by atoms with Gasteiger partial charge in [0.15, 0.2) is 6.79 Å². The third-order valence-electron chi connectivity index (χ3n) is 6.07. The molecule has 1 saturated carbocycles. The summed E-state index contributed by atoms with van der Waals surface area (Å²) in [5, 5.41) is 0. The van der Waals surface area contributed by atoms with Crippen molar-refractivity contribution in [3.8, 4) is 11.5 Å². The highest BCUT2D eigenvalue weighted by Crippen LogP contribution is 2.40. The largest absolute Gasteiger partial charge is 0.456 e. The van der Waals surface area contributed by atoms with Gasteiger partial charge in [-0.3, -0.25) is 9.78 Å². The predicted molar refractivity (Wildman–Crippen MR) is 131 cm³/mol. The van der Waals surface area contributed by atoms with Gasteiger partial charge in [0.25, 0.3) is 5.91 Å². The number of hydrogen-bond acceptors (Lipinski definition) is 7. The zero-order valence-electron chi connectivity index (χ0n) is 19.6. The lowest BCUT2D eigenvalue weighted by molar-refractivity contribution is -0.0274. The molecule has 2 aromatic carbocycles. The molecule has 1 aliphatic heterocycles. The van der Waals surface area contributed by atoms with Gasteiger partial charge in [-0.05, 0) is 56.2 Å². The van der Waals surface area contributed by atoms with Gasteiger partial charge >= 0.3 is 5.97 Å². The Hall–Kier alpha value is -3.91. The van der Waals surface area contributed by atoms with Gasteiger partial charge in [-0.2, -0.15) is 0 Å². The molecule has 1 aliphatic carbocycles. The van der Waals surface area contributed by atoms with Gasteiger partial charge in [-0.25, -0.2) is 4.79 Å². The lowest BCUT2D eigenvalue weighted by Gasteiger charge is -2.38. The average Bonchev–Trinajstić information content (AvgIpc) is 3.74. The van der Waals surface area contributed by atoms with Crippen LogP contribution in [0.2, 0.25) is 0 Å². The van der Waals surface area contributed by atoms with E-state index in [1.165, 1.54) is 19.0 Å². The van der Waals surface area contributed by atoms with E-state index in [4.69, 9.17) is 14.2 Å². The molecule has 0 radical (unpaired) electrons. The van der Waals surface area contributed by atoms with Gasteiger partial charge in [0.2, 0.25) is 0 Å². The summed E-state index contributed by atoms with van der Waals surface area (Å²) < 4.78 is 16.2. The van der Waals surface area contributed by atoms with E-state index in [9.17, 15) is 9.59 Å². The third kappa shape index (κ3) is 4.97. The Balaban J connectivity index is 1.37. The fourth-order valence-corrected chi connectivity index (χ4v) is 4.21. The maximum absolute atomic E-state index is 13.7. The summed E-state index contributed by atoms with van der Waals surface area (Å²) in [6.45, 7) is 3.54. The van der Waals surface area contributed by atoms with E-state index in [1.54, 1.807) is 41.4 Å². The first-order valence-corrected chi connectivity index (χ1v) is 11.8. The quantitative estimate of drug-likeness (QED) is 0.268. The maximum Gasteiger partial charge on any atom is 0.340 e. The predicted octanol–water partition coefficient (Wildman–Crippen LogP) is 4.65. The lowest BCUT2D eigenvalue weighted by Crippen LogP contribution is -2.45.